The Hall–Kier alpha value is -2.20. The fourth-order valence-corrected chi connectivity index (χ4v) is 4.15. The maximum absolute atomic E-state index is 12.6. The van der Waals surface area contributed by atoms with E-state index in [2.05, 4.69) is 5.92 Å². The fraction of sp³-hybridized carbons (Fsp3) is 0.357. The summed E-state index contributed by atoms with van der Waals surface area (Å²) in [7, 11) is -3.11. The maximum atomic E-state index is 12.6. The van der Waals surface area contributed by atoms with Gasteiger partial charge in [0.1, 0.15) is 0 Å². The highest BCUT2D eigenvalue weighted by Crippen LogP contribution is 2.23. The van der Waals surface area contributed by atoms with E-state index in [9.17, 15) is 13.2 Å². The summed E-state index contributed by atoms with van der Waals surface area (Å²) in [5.74, 6) is 2.04. The molecule has 7 heteroatoms. The number of rotatable bonds is 3. The zero-order chi connectivity index (χ0) is 15.6. The van der Waals surface area contributed by atoms with Crippen molar-refractivity contribution in [3.8, 4) is 12.3 Å². The molecule has 1 aromatic rings. The number of anilines is 2. The van der Waals surface area contributed by atoms with Crippen molar-refractivity contribution < 1.29 is 13.2 Å². The van der Waals surface area contributed by atoms with Gasteiger partial charge in [0, 0.05) is 17.4 Å². The van der Waals surface area contributed by atoms with E-state index >= 15 is 0 Å². The second-order valence-corrected chi connectivity index (χ2v) is 7.27. The predicted octanol–water partition coefficient (Wildman–Crippen LogP) is 0.114. The van der Waals surface area contributed by atoms with Gasteiger partial charge in [-0.25, -0.2) is 8.42 Å². The van der Waals surface area contributed by atoms with Crippen molar-refractivity contribution in [1.29, 1.82) is 0 Å². The minimum Gasteiger partial charge on any atom is -0.399 e. The molecule has 1 amide bonds. The minimum absolute atomic E-state index is 0.0445. The Kier molecular flexibility index (Phi) is 4.09. The lowest BCUT2D eigenvalue weighted by Crippen LogP contribution is -2.41. The summed E-state index contributed by atoms with van der Waals surface area (Å²) in [6.07, 6.45) is 5.69. The van der Waals surface area contributed by atoms with Crippen LogP contribution in [0.25, 0.3) is 0 Å². The number of hydrogen-bond acceptors (Lipinski definition) is 5. The number of nitrogen functional groups attached to an aromatic ring is 2. The number of nitrogens with two attached hydrogens (primary N) is 2. The summed E-state index contributed by atoms with van der Waals surface area (Å²) in [6, 6.07) is 4.19. The number of amides is 1. The molecule has 0 saturated carbocycles. The molecule has 4 N–H and O–H groups in total. The molecule has 21 heavy (non-hydrogen) atoms. The number of carbonyl (C=O) groups excluding carboxylic acids is 1. The average Bonchev–Trinajstić information content (AvgIpc) is 2.75. The van der Waals surface area contributed by atoms with Crippen molar-refractivity contribution in [2.45, 2.75) is 12.5 Å². The zero-order valence-electron chi connectivity index (χ0n) is 11.5. The number of benzene rings is 1. The Morgan fingerprint density at radius 2 is 2.14 bits per heavy atom. The maximum Gasteiger partial charge on any atom is 0.257 e. The molecule has 0 aliphatic carbocycles. The normalized spacial score (nSPS) is 19.9. The van der Waals surface area contributed by atoms with Crippen molar-refractivity contribution in [3.63, 3.8) is 0 Å². The van der Waals surface area contributed by atoms with E-state index in [0.29, 0.717) is 12.1 Å². The molecule has 2 rings (SSSR count). The first-order valence-electron chi connectivity index (χ1n) is 6.44. The minimum atomic E-state index is -3.11. The summed E-state index contributed by atoms with van der Waals surface area (Å²) in [4.78, 5) is 14.0. The lowest BCUT2D eigenvalue weighted by molar-refractivity contribution is 0.0725. The van der Waals surface area contributed by atoms with Gasteiger partial charge in [-0.15, -0.1) is 6.42 Å². The van der Waals surface area contributed by atoms with E-state index < -0.39 is 15.9 Å². The van der Waals surface area contributed by atoms with E-state index in [4.69, 9.17) is 17.9 Å². The molecule has 0 spiro atoms. The number of nitrogens with zero attached hydrogens (tertiary/aromatic N) is 1. The summed E-state index contributed by atoms with van der Waals surface area (Å²) in [6.45, 7) is 0.0445. The van der Waals surface area contributed by atoms with Crippen LogP contribution in [0.1, 0.15) is 16.8 Å². The molecule has 1 fully saturated rings. The van der Waals surface area contributed by atoms with Gasteiger partial charge in [0.15, 0.2) is 9.84 Å². The fourth-order valence-electron chi connectivity index (χ4n) is 2.42. The Morgan fingerprint density at radius 1 is 1.43 bits per heavy atom. The molecular weight excluding hydrogens is 290 g/mol. The van der Waals surface area contributed by atoms with Crippen LogP contribution in [0.3, 0.4) is 0 Å². The molecule has 1 aromatic carbocycles. The Morgan fingerprint density at radius 3 is 2.67 bits per heavy atom. The van der Waals surface area contributed by atoms with Crippen LogP contribution in [-0.4, -0.2) is 43.3 Å². The van der Waals surface area contributed by atoms with Crippen LogP contribution in [0, 0.1) is 12.3 Å². The van der Waals surface area contributed by atoms with Gasteiger partial charge in [-0.1, -0.05) is 5.92 Å². The van der Waals surface area contributed by atoms with Crippen LogP contribution >= 0.6 is 0 Å². The largest absolute Gasteiger partial charge is 0.399 e. The highest BCUT2D eigenvalue weighted by molar-refractivity contribution is 7.91. The molecule has 6 nitrogen and oxygen atoms in total. The van der Waals surface area contributed by atoms with Crippen LogP contribution in [0.2, 0.25) is 0 Å². The number of sulfone groups is 1. The first kappa shape index (κ1) is 15.2. The van der Waals surface area contributed by atoms with E-state index in [1.807, 2.05) is 0 Å². The first-order valence-corrected chi connectivity index (χ1v) is 8.26. The second-order valence-electron chi connectivity index (χ2n) is 5.04. The third-order valence-corrected chi connectivity index (χ3v) is 5.23. The van der Waals surface area contributed by atoms with Crippen LogP contribution in [0.15, 0.2) is 18.2 Å². The van der Waals surface area contributed by atoms with Gasteiger partial charge in [0.2, 0.25) is 0 Å². The van der Waals surface area contributed by atoms with Gasteiger partial charge in [-0.3, -0.25) is 4.79 Å². The van der Waals surface area contributed by atoms with Crippen LogP contribution in [0.5, 0.6) is 0 Å². The van der Waals surface area contributed by atoms with E-state index in [0.717, 1.165) is 0 Å². The van der Waals surface area contributed by atoms with Crippen molar-refractivity contribution in [3.05, 3.63) is 23.8 Å². The highest BCUT2D eigenvalue weighted by Gasteiger charge is 2.35. The molecule has 0 radical (unpaired) electrons. The molecule has 1 atom stereocenters. The summed E-state index contributed by atoms with van der Waals surface area (Å²) in [5.41, 5.74) is 12.4. The molecule has 0 aromatic heterocycles. The van der Waals surface area contributed by atoms with Gasteiger partial charge < -0.3 is 16.4 Å². The molecule has 1 heterocycles. The molecule has 1 unspecified atom stereocenters. The van der Waals surface area contributed by atoms with Crippen molar-refractivity contribution in [1.82, 2.24) is 4.90 Å². The van der Waals surface area contributed by atoms with E-state index in [-0.39, 0.29) is 35.2 Å². The van der Waals surface area contributed by atoms with Crippen LogP contribution in [0.4, 0.5) is 11.4 Å². The molecular formula is C14H17N3O3S. The standard InChI is InChI=1S/C14H17N3O3S/c1-2-6-17(11-5-7-21(19,20)9-11)14(18)12-4-3-10(15)8-13(12)16/h1,3-4,8,11H,5-7,9,15-16H2. The van der Waals surface area contributed by atoms with Crippen LogP contribution in [-0.2, 0) is 9.84 Å². The first-order chi connectivity index (χ1) is 9.84. The SMILES string of the molecule is C#CCN(C(=O)c1ccc(N)cc1N)C1CCS(=O)(=O)C1. The predicted molar refractivity (Wildman–Crippen MR) is 82.2 cm³/mol. The zero-order valence-corrected chi connectivity index (χ0v) is 12.3. The quantitative estimate of drug-likeness (QED) is 0.609. The number of terminal acetylenes is 1. The van der Waals surface area contributed by atoms with Gasteiger partial charge in [0.05, 0.1) is 23.6 Å². The van der Waals surface area contributed by atoms with Crippen molar-refractivity contribution >= 4 is 27.1 Å². The Bertz CT molecular complexity index is 707. The van der Waals surface area contributed by atoms with Crippen molar-refractivity contribution in [2.75, 3.05) is 29.5 Å². The topological polar surface area (TPSA) is 106 Å². The Balaban J connectivity index is 2.30. The van der Waals surface area contributed by atoms with Gasteiger partial charge in [0.25, 0.3) is 5.91 Å². The number of hydrogen-bond donors (Lipinski definition) is 2. The smallest absolute Gasteiger partial charge is 0.257 e. The third-order valence-electron chi connectivity index (χ3n) is 3.48. The van der Waals surface area contributed by atoms with Gasteiger partial charge >= 0.3 is 0 Å². The average molecular weight is 307 g/mol. The monoisotopic (exact) mass is 307 g/mol. The molecule has 1 aliphatic rings. The number of carbonyl (C=O) groups is 1. The summed E-state index contributed by atoms with van der Waals surface area (Å²) >= 11 is 0. The van der Waals surface area contributed by atoms with Gasteiger partial charge in [-0.2, -0.15) is 0 Å². The van der Waals surface area contributed by atoms with E-state index in [1.54, 1.807) is 6.07 Å². The Labute approximate surface area is 124 Å². The summed E-state index contributed by atoms with van der Waals surface area (Å²) < 4.78 is 23.2. The molecule has 1 aliphatic heterocycles. The molecule has 112 valence electrons. The summed E-state index contributed by atoms with van der Waals surface area (Å²) in [5, 5.41) is 0. The highest BCUT2D eigenvalue weighted by atomic mass is 32.2. The molecule has 1 saturated heterocycles. The lowest BCUT2D eigenvalue weighted by Gasteiger charge is -2.26. The lowest BCUT2D eigenvalue weighted by atomic mass is 10.1. The van der Waals surface area contributed by atoms with Crippen LogP contribution < -0.4 is 11.5 Å². The van der Waals surface area contributed by atoms with E-state index in [1.165, 1.54) is 17.0 Å². The third kappa shape index (κ3) is 3.28. The second kappa shape index (κ2) is 5.66. The molecule has 0 bridgehead atoms. The van der Waals surface area contributed by atoms with Gasteiger partial charge in [-0.05, 0) is 24.6 Å². The van der Waals surface area contributed by atoms with Crippen molar-refractivity contribution in [2.24, 2.45) is 0 Å².